The summed E-state index contributed by atoms with van der Waals surface area (Å²) in [5.74, 6) is -2.02. The van der Waals surface area contributed by atoms with Crippen LogP contribution < -0.4 is 5.32 Å². The predicted molar refractivity (Wildman–Crippen MR) is 66.4 cm³/mol. The van der Waals surface area contributed by atoms with Crippen molar-refractivity contribution in [3.05, 3.63) is 0 Å². The number of amides is 2. The molecule has 0 rings (SSSR count). The van der Waals surface area contributed by atoms with Gasteiger partial charge in [-0.25, -0.2) is 4.79 Å². The van der Waals surface area contributed by atoms with Crippen molar-refractivity contribution >= 4 is 28.6 Å². The van der Waals surface area contributed by atoms with E-state index in [9.17, 15) is 18.6 Å². The van der Waals surface area contributed by atoms with E-state index in [-0.39, 0.29) is 23.8 Å². The molecule has 2 amide bonds. The Hall–Kier alpha value is -1.44. The normalized spacial score (nSPS) is 13.5. The number of carboxylic acids is 1. The van der Waals surface area contributed by atoms with Gasteiger partial charge in [-0.2, -0.15) is 0 Å². The van der Waals surface area contributed by atoms with Gasteiger partial charge >= 0.3 is 5.97 Å². The van der Waals surface area contributed by atoms with Gasteiger partial charge in [-0.1, -0.05) is 0 Å². The van der Waals surface area contributed by atoms with Crippen LogP contribution in [0.1, 0.15) is 13.3 Å². The molecule has 0 heterocycles. The van der Waals surface area contributed by atoms with Gasteiger partial charge < -0.3 is 15.3 Å². The van der Waals surface area contributed by atoms with Crippen molar-refractivity contribution in [1.82, 2.24) is 10.2 Å². The first-order valence-corrected chi connectivity index (χ1v) is 6.78. The molecule has 0 aliphatic heterocycles. The van der Waals surface area contributed by atoms with E-state index in [4.69, 9.17) is 5.11 Å². The van der Waals surface area contributed by atoms with Crippen LogP contribution >= 0.6 is 0 Å². The molecule has 0 aliphatic carbocycles. The Kier molecular flexibility index (Phi) is 7.18. The van der Waals surface area contributed by atoms with Crippen molar-refractivity contribution < 1.29 is 23.7 Å². The van der Waals surface area contributed by atoms with Crippen molar-refractivity contribution in [2.24, 2.45) is 0 Å². The molecule has 0 fully saturated rings. The van der Waals surface area contributed by atoms with E-state index in [1.165, 1.54) is 11.8 Å². The summed E-state index contributed by atoms with van der Waals surface area (Å²) in [6.07, 6.45) is 0.0893. The molecule has 0 aromatic heterocycles. The molecular formula is C10H18N2O5S. The van der Waals surface area contributed by atoms with Crippen LogP contribution in [-0.4, -0.2) is 63.6 Å². The van der Waals surface area contributed by atoms with Crippen LogP contribution in [-0.2, 0) is 25.2 Å². The maximum absolute atomic E-state index is 11.6. The molecule has 0 aromatic carbocycles. The van der Waals surface area contributed by atoms with Crippen molar-refractivity contribution in [1.29, 1.82) is 0 Å². The lowest BCUT2D eigenvalue weighted by atomic mass is 10.3. The van der Waals surface area contributed by atoms with Gasteiger partial charge in [0, 0.05) is 44.0 Å². The zero-order valence-electron chi connectivity index (χ0n) is 10.6. The molecule has 0 spiro atoms. The van der Waals surface area contributed by atoms with Gasteiger partial charge in [0.25, 0.3) is 0 Å². The Bertz CT molecular complexity index is 356. The Balaban J connectivity index is 4.22. The van der Waals surface area contributed by atoms with Crippen molar-refractivity contribution in [2.75, 3.05) is 25.6 Å². The van der Waals surface area contributed by atoms with Gasteiger partial charge in [0.2, 0.25) is 11.8 Å². The third-order valence-electron chi connectivity index (χ3n) is 2.07. The topological polar surface area (TPSA) is 104 Å². The highest BCUT2D eigenvalue weighted by Crippen LogP contribution is 1.96. The number of aliphatic carboxylic acids is 1. The quantitative estimate of drug-likeness (QED) is 0.609. The number of carbonyl (C=O) groups is 3. The number of carboxylic acid groups (broad SMARTS) is 1. The lowest BCUT2D eigenvalue weighted by Crippen LogP contribution is -2.43. The van der Waals surface area contributed by atoms with E-state index < -0.39 is 28.7 Å². The molecule has 0 saturated heterocycles. The smallest absolute Gasteiger partial charge is 0.327 e. The first kappa shape index (κ1) is 16.6. The SMILES string of the molecule is CC(=O)NC(CS(=O)CCC(=O)N(C)C)C(=O)O. The average Bonchev–Trinajstić information content (AvgIpc) is 2.23. The number of nitrogens with zero attached hydrogens (tertiary/aromatic N) is 1. The first-order chi connectivity index (χ1) is 8.23. The molecular weight excluding hydrogens is 260 g/mol. The molecule has 0 aromatic rings. The average molecular weight is 278 g/mol. The lowest BCUT2D eigenvalue weighted by Gasteiger charge is -2.13. The molecule has 2 N–H and O–H groups in total. The standard InChI is InChI=1S/C10H18N2O5S/c1-7(13)11-8(10(15)16)6-18(17)5-4-9(14)12(2)3/h8H,4-6H2,1-3H3,(H,11,13)(H,15,16). The van der Waals surface area contributed by atoms with Gasteiger partial charge in [-0.05, 0) is 0 Å². The zero-order valence-corrected chi connectivity index (χ0v) is 11.5. The Morgan fingerprint density at radius 2 is 1.89 bits per heavy atom. The fourth-order valence-electron chi connectivity index (χ4n) is 1.11. The highest BCUT2D eigenvalue weighted by Gasteiger charge is 2.21. The molecule has 2 atom stereocenters. The zero-order chi connectivity index (χ0) is 14.3. The third-order valence-corrected chi connectivity index (χ3v) is 3.44. The second-order valence-electron chi connectivity index (χ2n) is 3.94. The summed E-state index contributed by atoms with van der Waals surface area (Å²) in [7, 11) is 1.70. The summed E-state index contributed by atoms with van der Waals surface area (Å²) in [4.78, 5) is 34.2. The molecule has 0 radical (unpaired) electrons. The molecule has 0 aliphatic rings. The number of rotatable bonds is 7. The van der Waals surface area contributed by atoms with E-state index in [2.05, 4.69) is 5.32 Å². The minimum absolute atomic E-state index is 0.0837. The predicted octanol–water partition coefficient (Wildman–Crippen LogP) is -1.20. The summed E-state index contributed by atoms with van der Waals surface area (Å²) < 4.78 is 11.6. The van der Waals surface area contributed by atoms with Crippen LogP contribution in [0.15, 0.2) is 0 Å². The van der Waals surface area contributed by atoms with Crippen molar-refractivity contribution in [3.63, 3.8) is 0 Å². The van der Waals surface area contributed by atoms with Crippen LogP contribution in [0.2, 0.25) is 0 Å². The van der Waals surface area contributed by atoms with Crippen molar-refractivity contribution in [2.45, 2.75) is 19.4 Å². The number of hydrogen-bond donors (Lipinski definition) is 2. The molecule has 0 saturated carbocycles. The van der Waals surface area contributed by atoms with Gasteiger partial charge in [-0.3, -0.25) is 13.8 Å². The molecule has 7 nitrogen and oxygen atoms in total. The summed E-state index contributed by atoms with van der Waals surface area (Å²) >= 11 is 0. The van der Waals surface area contributed by atoms with Gasteiger partial charge in [0.1, 0.15) is 6.04 Å². The molecule has 18 heavy (non-hydrogen) atoms. The minimum Gasteiger partial charge on any atom is -0.480 e. The largest absolute Gasteiger partial charge is 0.480 e. The fraction of sp³-hybridized carbons (Fsp3) is 0.700. The highest BCUT2D eigenvalue weighted by molar-refractivity contribution is 7.85. The number of nitrogens with one attached hydrogen (secondary N) is 1. The van der Waals surface area contributed by atoms with Crippen LogP contribution in [0.25, 0.3) is 0 Å². The molecule has 2 unspecified atom stereocenters. The number of carbonyl (C=O) groups excluding carboxylic acids is 2. The highest BCUT2D eigenvalue weighted by atomic mass is 32.2. The minimum atomic E-state index is -1.47. The Morgan fingerprint density at radius 3 is 2.28 bits per heavy atom. The van der Waals surface area contributed by atoms with Crippen LogP contribution in [0.3, 0.4) is 0 Å². The van der Waals surface area contributed by atoms with Crippen LogP contribution in [0.4, 0.5) is 0 Å². The second-order valence-corrected chi connectivity index (χ2v) is 5.56. The second kappa shape index (κ2) is 7.80. The van der Waals surface area contributed by atoms with E-state index in [0.717, 1.165) is 0 Å². The maximum atomic E-state index is 11.6. The van der Waals surface area contributed by atoms with Crippen molar-refractivity contribution in [3.8, 4) is 0 Å². The molecule has 8 heteroatoms. The summed E-state index contributed by atoms with van der Waals surface area (Å²) in [6.45, 7) is 1.19. The Morgan fingerprint density at radius 1 is 1.33 bits per heavy atom. The summed E-state index contributed by atoms with van der Waals surface area (Å²) in [5, 5.41) is 11.0. The van der Waals surface area contributed by atoms with E-state index in [0.29, 0.717) is 0 Å². The van der Waals surface area contributed by atoms with Gasteiger partial charge in [0.05, 0.1) is 5.75 Å². The molecule has 104 valence electrons. The summed E-state index contributed by atoms with van der Waals surface area (Å²) in [5.41, 5.74) is 0. The van der Waals surface area contributed by atoms with Crippen LogP contribution in [0, 0.1) is 0 Å². The first-order valence-electron chi connectivity index (χ1n) is 5.29. The monoisotopic (exact) mass is 278 g/mol. The van der Waals surface area contributed by atoms with E-state index in [1.807, 2.05) is 0 Å². The van der Waals surface area contributed by atoms with E-state index in [1.54, 1.807) is 14.1 Å². The maximum Gasteiger partial charge on any atom is 0.327 e. The fourth-order valence-corrected chi connectivity index (χ4v) is 2.28. The lowest BCUT2D eigenvalue weighted by molar-refractivity contribution is -0.140. The third kappa shape index (κ3) is 7.00. The summed E-state index contributed by atoms with van der Waals surface area (Å²) in [6, 6.07) is -1.18. The van der Waals surface area contributed by atoms with E-state index >= 15 is 0 Å². The van der Waals surface area contributed by atoms with Gasteiger partial charge in [0.15, 0.2) is 0 Å². The van der Waals surface area contributed by atoms with Crippen LogP contribution in [0.5, 0.6) is 0 Å². The number of hydrogen-bond acceptors (Lipinski definition) is 4. The Labute approximate surface area is 108 Å². The van der Waals surface area contributed by atoms with Gasteiger partial charge in [-0.15, -0.1) is 0 Å². The molecule has 0 bridgehead atoms.